The standard InChI is InChI=1S/C16H22ClN/c1-11(15-4-2-3-5-16(15)17)18-10-14-9-12-6-7-13(14)8-12/h2-5,11-14,18H,6-10H2,1H3/t11-,12?,13?,14?/m0/s1. The first kappa shape index (κ1) is 12.5. The largest absolute Gasteiger partial charge is 0.310 e. The Morgan fingerprint density at radius 1 is 1.28 bits per heavy atom. The lowest BCUT2D eigenvalue weighted by Crippen LogP contribution is -2.28. The summed E-state index contributed by atoms with van der Waals surface area (Å²) in [5, 5.41) is 4.56. The van der Waals surface area contributed by atoms with E-state index in [4.69, 9.17) is 11.6 Å². The third kappa shape index (κ3) is 2.44. The Morgan fingerprint density at radius 2 is 2.11 bits per heavy atom. The lowest BCUT2D eigenvalue weighted by Gasteiger charge is -2.24. The summed E-state index contributed by atoms with van der Waals surface area (Å²) in [6.45, 7) is 3.38. The van der Waals surface area contributed by atoms with Gasteiger partial charge in [-0.05, 0) is 62.1 Å². The molecule has 0 aliphatic heterocycles. The summed E-state index contributed by atoms with van der Waals surface area (Å²) in [4.78, 5) is 0. The maximum atomic E-state index is 6.24. The Balaban J connectivity index is 1.56. The van der Waals surface area contributed by atoms with Gasteiger partial charge in [0.1, 0.15) is 0 Å². The van der Waals surface area contributed by atoms with Crippen molar-refractivity contribution in [3.63, 3.8) is 0 Å². The smallest absolute Gasteiger partial charge is 0.0453 e. The molecule has 1 aromatic rings. The third-order valence-corrected chi connectivity index (χ3v) is 5.29. The van der Waals surface area contributed by atoms with Gasteiger partial charge >= 0.3 is 0 Å². The molecule has 0 saturated heterocycles. The van der Waals surface area contributed by atoms with Crippen molar-refractivity contribution < 1.29 is 0 Å². The summed E-state index contributed by atoms with van der Waals surface area (Å²) in [6, 6.07) is 8.52. The van der Waals surface area contributed by atoms with E-state index in [2.05, 4.69) is 24.4 Å². The fourth-order valence-electron chi connectivity index (χ4n) is 3.89. The maximum Gasteiger partial charge on any atom is 0.0453 e. The number of hydrogen-bond acceptors (Lipinski definition) is 1. The number of nitrogens with one attached hydrogen (secondary N) is 1. The average molecular weight is 264 g/mol. The van der Waals surface area contributed by atoms with Gasteiger partial charge in [0.25, 0.3) is 0 Å². The van der Waals surface area contributed by atoms with Gasteiger partial charge in [0.15, 0.2) is 0 Å². The van der Waals surface area contributed by atoms with Crippen LogP contribution in [0.5, 0.6) is 0 Å². The van der Waals surface area contributed by atoms with Crippen LogP contribution in [0.25, 0.3) is 0 Å². The zero-order valence-corrected chi connectivity index (χ0v) is 11.8. The van der Waals surface area contributed by atoms with Crippen molar-refractivity contribution in [1.82, 2.24) is 5.32 Å². The number of hydrogen-bond donors (Lipinski definition) is 1. The molecule has 98 valence electrons. The van der Waals surface area contributed by atoms with E-state index < -0.39 is 0 Å². The summed E-state index contributed by atoms with van der Waals surface area (Å²) in [6.07, 6.45) is 5.90. The predicted molar refractivity (Wildman–Crippen MR) is 76.8 cm³/mol. The molecular weight excluding hydrogens is 242 g/mol. The zero-order valence-electron chi connectivity index (χ0n) is 11.0. The lowest BCUT2D eigenvalue weighted by atomic mass is 9.88. The molecule has 0 aromatic heterocycles. The van der Waals surface area contributed by atoms with Gasteiger partial charge in [-0.15, -0.1) is 0 Å². The minimum Gasteiger partial charge on any atom is -0.310 e. The molecule has 1 nitrogen and oxygen atoms in total. The van der Waals surface area contributed by atoms with Crippen LogP contribution >= 0.6 is 11.6 Å². The highest BCUT2D eigenvalue weighted by atomic mass is 35.5. The van der Waals surface area contributed by atoms with Gasteiger partial charge in [-0.3, -0.25) is 0 Å². The first-order chi connectivity index (χ1) is 8.74. The summed E-state index contributed by atoms with van der Waals surface area (Å²) in [5.41, 5.74) is 1.22. The van der Waals surface area contributed by atoms with Crippen LogP contribution in [0.3, 0.4) is 0 Å². The van der Waals surface area contributed by atoms with E-state index in [1.54, 1.807) is 0 Å². The highest BCUT2D eigenvalue weighted by molar-refractivity contribution is 6.31. The van der Waals surface area contributed by atoms with Crippen molar-refractivity contribution in [2.75, 3.05) is 6.54 Å². The van der Waals surface area contributed by atoms with Crippen LogP contribution in [-0.2, 0) is 0 Å². The maximum absolute atomic E-state index is 6.24. The van der Waals surface area contributed by atoms with Gasteiger partial charge in [-0.2, -0.15) is 0 Å². The van der Waals surface area contributed by atoms with E-state index in [0.717, 1.165) is 29.3 Å². The minimum absolute atomic E-state index is 0.359. The summed E-state index contributed by atoms with van der Waals surface area (Å²) in [7, 11) is 0. The van der Waals surface area contributed by atoms with Gasteiger partial charge in [-0.1, -0.05) is 36.2 Å². The van der Waals surface area contributed by atoms with Gasteiger partial charge < -0.3 is 5.32 Å². The lowest BCUT2D eigenvalue weighted by molar-refractivity contribution is 0.309. The second kappa shape index (κ2) is 5.22. The van der Waals surface area contributed by atoms with E-state index in [-0.39, 0.29) is 0 Å². The number of benzene rings is 1. The molecule has 0 amide bonds. The molecule has 18 heavy (non-hydrogen) atoms. The monoisotopic (exact) mass is 263 g/mol. The van der Waals surface area contributed by atoms with E-state index in [0.29, 0.717) is 6.04 Å². The Kier molecular flexibility index (Phi) is 3.63. The Bertz CT molecular complexity index is 417. The molecule has 2 fully saturated rings. The summed E-state index contributed by atoms with van der Waals surface area (Å²) < 4.78 is 0. The van der Waals surface area contributed by atoms with Crippen LogP contribution in [0.4, 0.5) is 0 Å². The molecule has 1 N–H and O–H groups in total. The predicted octanol–water partition coefficient (Wildman–Crippen LogP) is 4.43. The van der Waals surface area contributed by atoms with Crippen molar-refractivity contribution in [3.8, 4) is 0 Å². The first-order valence-corrected chi connectivity index (χ1v) is 7.59. The van der Waals surface area contributed by atoms with Gasteiger partial charge in [0, 0.05) is 11.1 Å². The van der Waals surface area contributed by atoms with Crippen molar-refractivity contribution in [1.29, 1.82) is 0 Å². The van der Waals surface area contributed by atoms with Crippen molar-refractivity contribution >= 4 is 11.6 Å². The van der Waals surface area contributed by atoms with E-state index in [9.17, 15) is 0 Å². The zero-order chi connectivity index (χ0) is 12.5. The quantitative estimate of drug-likeness (QED) is 0.848. The number of rotatable bonds is 4. The molecule has 2 bridgehead atoms. The molecular formula is C16H22ClN. The molecule has 0 radical (unpaired) electrons. The molecule has 1 aromatic carbocycles. The van der Waals surface area contributed by atoms with Crippen LogP contribution in [0, 0.1) is 17.8 Å². The van der Waals surface area contributed by atoms with Crippen LogP contribution in [0.15, 0.2) is 24.3 Å². The molecule has 3 unspecified atom stereocenters. The number of fused-ring (bicyclic) bond motifs is 2. The highest BCUT2D eigenvalue weighted by Crippen LogP contribution is 2.48. The van der Waals surface area contributed by atoms with Crippen molar-refractivity contribution in [3.05, 3.63) is 34.9 Å². The van der Waals surface area contributed by atoms with Crippen LogP contribution in [0.2, 0.25) is 5.02 Å². The normalized spacial score (nSPS) is 31.8. The van der Waals surface area contributed by atoms with Gasteiger partial charge in [-0.25, -0.2) is 0 Å². The minimum atomic E-state index is 0.359. The Hall–Kier alpha value is -0.530. The molecule has 2 aliphatic rings. The van der Waals surface area contributed by atoms with Crippen LogP contribution in [0.1, 0.15) is 44.2 Å². The third-order valence-electron chi connectivity index (χ3n) is 4.94. The molecule has 4 atom stereocenters. The molecule has 0 spiro atoms. The fourth-order valence-corrected chi connectivity index (χ4v) is 4.19. The van der Waals surface area contributed by atoms with Crippen LogP contribution in [-0.4, -0.2) is 6.54 Å². The highest BCUT2D eigenvalue weighted by Gasteiger charge is 2.39. The van der Waals surface area contributed by atoms with E-state index in [1.807, 2.05) is 12.1 Å². The van der Waals surface area contributed by atoms with Gasteiger partial charge in [0.2, 0.25) is 0 Å². The van der Waals surface area contributed by atoms with Crippen LogP contribution < -0.4 is 5.32 Å². The molecule has 0 heterocycles. The second-order valence-corrected chi connectivity index (χ2v) is 6.49. The summed E-state index contributed by atoms with van der Waals surface area (Å²) in [5.74, 6) is 2.95. The first-order valence-electron chi connectivity index (χ1n) is 7.22. The SMILES string of the molecule is C[C@H](NCC1CC2CCC1C2)c1ccccc1Cl. The topological polar surface area (TPSA) is 12.0 Å². The van der Waals surface area contributed by atoms with Gasteiger partial charge in [0.05, 0.1) is 0 Å². The fraction of sp³-hybridized carbons (Fsp3) is 0.625. The van der Waals surface area contributed by atoms with Crippen molar-refractivity contribution in [2.45, 2.75) is 38.6 Å². The number of halogens is 1. The second-order valence-electron chi connectivity index (χ2n) is 6.09. The molecule has 2 heteroatoms. The molecule has 2 saturated carbocycles. The Morgan fingerprint density at radius 3 is 2.78 bits per heavy atom. The molecule has 3 rings (SSSR count). The van der Waals surface area contributed by atoms with E-state index in [1.165, 1.54) is 31.2 Å². The average Bonchev–Trinajstić information content (AvgIpc) is 2.98. The van der Waals surface area contributed by atoms with Crippen molar-refractivity contribution in [2.24, 2.45) is 17.8 Å². The molecule has 2 aliphatic carbocycles. The van der Waals surface area contributed by atoms with E-state index >= 15 is 0 Å². The Labute approximate surface area is 115 Å². The summed E-state index contributed by atoms with van der Waals surface area (Å²) >= 11 is 6.24.